The number of rotatable bonds is 3. The first kappa shape index (κ1) is 11.1. The Labute approximate surface area is 96.5 Å². The Bertz CT molecular complexity index is 562. The molecule has 0 radical (unpaired) electrons. The predicted octanol–water partition coefficient (Wildman–Crippen LogP) is 1.84. The number of aromatic nitrogens is 1. The number of benzene rings is 1. The summed E-state index contributed by atoms with van der Waals surface area (Å²) in [5.74, 6) is -1.13. The molecule has 1 heterocycles. The summed E-state index contributed by atoms with van der Waals surface area (Å²) in [6.45, 7) is 0. The normalized spacial score (nSPS) is 11.5. The van der Waals surface area contributed by atoms with Gasteiger partial charge in [0.25, 0.3) is 5.91 Å². The van der Waals surface area contributed by atoms with Crippen molar-refractivity contribution in [3.63, 3.8) is 0 Å². The zero-order valence-electron chi connectivity index (χ0n) is 8.76. The number of primary amides is 1. The summed E-state index contributed by atoms with van der Waals surface area (Å²) in [6, 6.07) is 7.55. The molecule has 0 aliphatic rings. The van der Waals surface area contributed by atoms with Crippen LogP contribution in [0, 0.1) is 5.82 Å². The van der Waals surface area contributed by atoms with Gasteiger partial charge in [0.1, 0.15) is 17.8 Å². The van der Waals surface area contributed by atoms with E-state index >= 15 is 0 Å². The van der Waals surface area contributed by atoms with Crippen LogP contribution >= 0.6 is 0 Å². The lowest BCUT2D eigenvalue weighted by atomic mass is 10.1. The molecule has 1 amide bonds. The van der Waals surface area contributed by atoms with Gasteiger partial charge in [0.15, 0.2) is 0 Å². The number of nitrogens with zero attached hydrogens (tertiary/aromatic N) is 1. The lowest BCUT2D eigenvalue weighted by molar-refractivity contribution is -0.112. The van der Waals surface area contributed by atoms with E-state index in [2.05, 4.69) is 9.68 Å². The van der Waals surface area contributed by atoms with E-state index in [0.29, 0.717) is 0 Å². The van der Waals surface area contributed by atoms with Crippen molar-refractivity contribution in [2.45, 2.75) is 0 Å². The zero-order valence-corrected chi connectivity index (χ0v) is 8.76. The maximum Gasteiger partial charge on any atom is 0.251 e. The van der Waals surface area contributed by atoms with Crippen molar-refractivity contribution in [1.29, 1.82) is 0 Å². The van der Waals surface area contributed by atoms with Gasteiger partial charge in [-0.2, -0.15) is 0 Å². The first-order valence-corrected chi connectivity index (χ1v) is 4.85. The van der Waals surface area contributed by atoms with Crippen molar-refractivity contribution in [3.05, 3.63) is 53.7 Å². The van der Waals surface area contributed by atoms with Crippen LogP contribution in [0.25, 0.3) is 11.6 Å². The molecule has 0 aliphatic carbocycles. The molecule has 2 aromatic rings. The molecule has 0 fully saturated rings. The minimum Gasteiger partial charge on any atom is -0.366 e. The predicted molar refractivity (Wildman–Crippen MR) is 60.0 cm³/mol. The largest absolute Gasteiger partial charge is 0.366 e. The highest BCUT2D eigenvalue weighted by Crippen LogP contribution is 2.18. The third kappa shape index (κ3) is 2.39. The van der Waals surface area contributed by atoms with Crippen molar-refractivity contribution in [2.24, 2.45) is 5.73 Å². The summed E-state index contributed by atoms with van der Waals surface area (Å²) >= 11 is 0. The molecule has 86 valence electrons. The molecule has 1 aromatic heterocycles. The van der Waals surface area contributed by atoms with Gasteiger partial charge >= 0.3 is 0 Å². The Balaban J connectivity index is 2.48. The van der Waals surface area contributed by atoms with Gasteiger partial charge in [-0.3, -0.25) is 4.79 Å². The fourth-order valence-corrected chi connectivity index (χ4v) is 1.37. The molecule has 2 rings (SSSR count). The van der Waals surface area contributed by atoms with Crippen LogP contribution in [0.1, 0.15) is 11.3 Å². The second-order valence-corrected chi connectivity index (χ2v) is 3.33. The number of carbonyl (C=O) groups excluding carboxylic acids is 1. The number of halogens is 1. The minimum absolute atomic E-state index is 0.101. The summed E-state index contributed by atoms with van der Waals surface area (Å²) < 4.78 is 18.0. The molecule has 0 spiro atoms. The fraction of sp³-hybridized carbons (Fsp3) is 0. The number of amides is 1. The standard InChI is InChI=1S/C12H9FN2O2/c13-10-4-2-1-3-8(10)7-9(12(14)16)11-5-6-17-15-11/h1-7H,(H2,14,16). The maximum absolute atomic E-state index is 13.4. The van der Waals surface area contributed by atoms with E-state index in [4.69, 9.17) is 5.73 Å². The molecular weight excluding hydrogens is 223 g/mol. The van der Waals surface area contributed by atoms with Crippen LogP contribution in [0.3, 0.4) is 0 Å². The first-order chi connectivity index (χ1) is 8.18. The smallest absolute Gasteiger partial charge is 0.251 e. The monoisotopic (exact) mass is 232 g/mol. The number of hydrogen-bond donors (Lipinski definition) is 1. The molecule has 0 aliphatic heterocycles. The van der Waals surface area contributed by atoms with Crippen LogP contribution in [0.2, 0.25) is 0 Å². The Morgan fingerprint density at radius 3 is 2.71 bits per heavy atom. The lowest BCUT2D eigenvalue weighted by Gasteiger charge is -2.00. The molecule has 0 bridgehead atoms. The van der Waals surface area contributed by atoms with Crippen LogP contribution in [-0.2, 0) is 4.79 Å². The number of carbonyl (C=O) groups is 1. The molecule has 17 heavy (non-hydrogen) atoms. The molecule has 2 N–H and O–H groups in total. The van der Waals surface area contributed by atoms with Gasteiger partial charge in [-0.1, -0.05) is 23.4 Å². The van der Waals surface area contributed by atoms with E-state index in [0.717, 1.165) is 0 Å². The second-order valence-electron chi connectivity index (χ2n) is 3.33. The molecule has 0 unspecified atom stereocenters. The average molecular weight is 232 g/mol. The molecule has 0 atom stereocenters. The Kier molecular flexibility index (Phi) is 3.00. The van der Waals surface area contributed by atoms with Gasteiger partial charge in [0.05, 0.1) is 5.57 Å². The van der Waals surface area contributed by atoms with E-state index in [1.165, 1.54) is 24.5 Å². The maximum atomic E-state index is 13.4. The van der Waals surface area contributed by atoms with E-state index in [1.54, 1.807) is 18.2 Å². The third-order valence-electron chi connectivity index (χ3n) is 2.18. The fourth-order valence-electron chi connectivity index (χ4n) is 1.37. The topological polar surface area (TPSA) is 69.1 Å². The Morgan fingerprint density at radius 1 is 1.35 bits per heavy atom. The quantitative estimate of drug-likeness (QED) is 0.821. The molecule has 0 saturated heterocycles. The Hall–Kier alpha value is -2.43. The first-order valence-electron chi connectivity index (χ1n) is 4.85. The van der Waals surface area contributed by atoms with Gasteiger partial charge in [0.2, 0.25) is 0 Å². The molecule has 5 heteroatoms. The molecule has 0 saturated carbocycles. The van der Waals surface area contributed by atoms with E-state index < -0.39 is 11.7 Å². The van der Waals surface area contributed by atoms with Gasteiger partial charge in [-0.15, -0.1) is 0 Å². The van der Waals surface area contributed by atoms with Crippen molar-refractivity contribution >= 4 is 17.6 Å². The summed E-state index contributed by atoms with van der Waals surface area (Å²) in [5, 5.41) is 3.60. The molecule has 4 nitrogen and oxygen atoms in total. The Morgan fingerprint density at radius 2 is 2.12 bits per heavy atom. The van der Waals surface area contributed by atoms with Gasteiger partial charge in [0, 0.05) is 11.6 Å². The van der Waals surface area contributed by atoms with Crippen LogP contribution in [0.4, 0.5) is 4.39 Å². The van der Waals surface area contributed by atoms with Crippen LogP contribution < -0.4 is 5.73 Å². The zero-order chi connectivity index (χ0) is 12.3. The van der Waals surface area contributed by atoms with Gasteiger partial charge < -0.3 is 10.3 Å². The molecular formula is C12H9FN2O2. The highest BCUT2D eigenvalue weighted by Gasteiger charge is 2.12. The van der Waals surface area contributed by atoms with Gasteiger partial charge in [-0.25, -0.2) is 4.39 Å². The van der Waals surface area contributed by atoms with E-state index in [1.807, 2.05) is 0 Å². The number of nitrogens with two attached hydrogens (primary N) is 1. The summed E-state index contributed by atoms with van der Waals surface area (Å²) in [4.78, 5) is 11.3. The van der Waals surface area contributed by atoms with E-state index in [9.17, 15) is 9.18 Å². The van der Waals surface area contributed by atoms with Crippen molar-refractivity contribution < 1.29 is 13.7 Å². The number of hydrogen-bond acceptors (Lipinski definition) is 3. The minimum atomic E-state index is -0.692. The van der Waals surface area contributed by atoms with E-state index in [-0.39, 0.29) is 16.8 Å². The lowest BCUT2D eigenvalue weighted by Crippen LogP contribution is -2.13. The molecule has 1 aromatic carbocycles. The van der Waals surface area contributed by atoms with Gasteiger partial charge in [-0.05, 0) is 12.1 Å². The summed E-state index contributed by atoms with van der Waals surface area (Å²) in [7, 11) is 0. The second kappa shape index (κ2) is 4.61. The van der Waals surface area contributed by atoms with Crippen LogP contribution in [0.5, 0.6) is 0 Å². The van der Waals surface area contributed by atoms with Crippen molar-refractivity contribution in [1.82, 2.24) is 5.16 Å². The van der Waals surface area contributed by atoms with Crippen molar-refractivity contribution in [3.8, 4) is 0 Å². The highest BCUT2D eigenvalue weighted by atomic mass is 19.1. The average Bonchev–Trinajstić information content (AvgIpc) is 2.81. The van der Waals surface area contributed by atoms with Crippen molar-refractivity contribution in [2.75, 3.05) is 0 Å². The summed E-state index contributed by atoms with van der Waals surface area (Å²) in [5.41, 5.74) is 5.86. The SMILES string of the molecule is NC(=O)C(=Cc1ccccc1F)c1ccon1. The summed E-state index contributed by atoms with van der Waals surface area (Å²) in [6.07, 6.45) is 2.66. The highest BCUT2D eigenvalue weighted by molar-refractivity contribution is 6.22. The van der Waals surface area contributed by atoms with Crippen LogP contribution in [-0.4, -0.2) is 11.1 Å². The third-order valence-corrected chi connectivity index (χ3v) is 2.18. The van der Waals surface area contributed by atoms with Crippen LogP contribution in [0.15, 0.2) is 41.1 Å².